The second-order valence-corrected chi connectivity index (χ2v) is 6.44. The van der Waals surface area contributed by atoms with Gasteiger partial charge in [0.1, 0.15) is 0 Å². The van der Waals surface area contributed by atoms with Crippen molar-refractivity contribution < 1.29 is 0 Å². The van der Waals surface area contributed by atoms with E-state index in [-0.39, 0.29) is 0 Å². The van der Waals surface area contributed by atoms with Gasteiger partial charge in [-0.3, -0.25) is 0 Å². The molecule has 1 nitrogen and oxygen atoms in total. The van der Waals surface area contributed by atoms with Crippen LogP contribution in [0.5, 0.6) is 0 Å². The summed E-state index contributed by atoms with van der Waals surface area (Å²) in [6.45, 7) is 9.63. The Morgan fingerprint density at radius 2 is 2.00 bits per heavy atom. The maximum absolute atomic E-state index is 3.57. The summed E-state index contributed by atoms with van der Waals surface area (Å²) in [5.41, 5.74) is 2.00. The largest absolute Gasteiger partial charge is 0.316 e. The zero-order valence-corrected chi connectivity index (χ0v) is 12.1. The molecule has 18 heavy (non-hydrogen) atoms. The van der Waals surface area contributed by atoms with Gasteiger partial charge in [0.15, 0.2) is 0 Å². The minimum Gasteiger partial charge on any atom is -0.316 e. The third-order valence-corrected chi connectivity index (χ3v) is 4.76. The van der Waals surface area contributed by atoms with E-state index in [1.807, 2.05) is 0 Å². The van der Waals surface area contributed by atoms with Gasteiger partial charge in [-0.05, 0) is 55.2 Å². The molecule has 0 radical (unpaired) electrons. The average Bonchev–Trinajstić information content (AvgIpc) is 2.38. The summed E-state index contributed by atoms with van der Waals surface area (Å²) in [6, 6.07) is 10.9. The van der Waals surface area contributed by atoms with Gasteiger partial charge in [0.2, 0.25) is 0 Å². The zero-order chi connectivity index (χ0) is 13.0. The molecule has 1 fully saturated rings. The number of aryl methyl sites for hydroxylation is 1. The molecule has 0 amide bonds. The Balaban J connectivity index is 2.00. The highest BCUT2D eigenvalue weighted by Gasteiger charge is 2.37. The topological polar surface area (TPSA) is 12.0 Å². The minimum absolute atomic E-state index is 0.509. The zero-order valence-electron chi connectivity index (χ0n) is 12.1. The second kappa shape index (κ2) is 5.88. The van der Waals surface area contributed by atoms with E-state index in [1.54, 1.807) is 0 Å². The first-order valence-electron chi connectivity index (χ1n) is 7.36. The van der Waals surface area contributed by atoms with Gasteiger partial charge in [-0.25, -0.2) is 0 Å². The predicted octanol–water partition coefficient (Wildman–Crippen LogP) is 3.89. The quantitative estimate of drug-likeness (QED) is 0.848. The lowest BCUT2D eigenvalue weighted by Crippen LogP contribution is -2.46. The smallest absolute Gasteiger partial charge is 0.00128 e. The summed E-state index contributed by atoms with van der Waals surface area (Å²) in [5.74, 6) is 1.59. The number of benzene rings is 1. The van der Waals surface area contributed by atoms with Crippen LogP contribution in [0.2, 0.25) is 0 Å². The van der Waals surface area contributed by atoms with Gasteiger partial charge >= 0.3 is 0 Å². The van der Waals surface area contributed by atoms with Crippen molar-refractivity contribution in [3.63, 3.8) is 0 Å². The van der Waals surface area contributed by atoms with Crippen molar-refractivity contribution in [3.8, 4) is 0 Å². The van der Waals surface area contributed by atoms with E-state index < -0.39 is 0 Å². The number of hydrogen-bond donors (Lipinski definition) is 1. The standard InChI is InChI=1S/C17H27N/c1-14(2)16-13-18-12-11-17(16,3)10-9-15-7-5-4-6-8-15/h4-8,14,16,18H,9-13H2,1-3H3. The lowest BCUT2D eigenvalue weighted by Gasteiger charge is -2.44. The number of hydrogen-bond acceptors (Lipinski definition) is 1. The van der Waals surface area contributed by atoms with Gasteiger partial charge in [0.25, 0.3) is 0 Å². The molecule has 2 unspecified atom stereocenters. The monoisotopic (exact) mass is 245 g/mol. The lowest BCUT2D eigenvalue weighted by molar-refractivity contribution is 0.0807. The van der Waals surface area contributed by atoms with E-state index >= 15 is 0 Å². The second-order valence-electron chi connectivity index (χ2n) is 6.44. The van der Waals surface area contributed by atoms with Crippen LogP contribution in [0.4, 0.5) is 0 Å². The molecular weight excluding hydrogens is 218 g/mol. The summed E-state index contributed by atoms with van der Waals surface area (Å²) >= 11 is 0. The molecule has 1 aliphatic heterocycles. The maximum atomic E-state index is 3.57. The van der Waals surface area contributed by atoms with Crippen LogP contribution in [0.1, 0.15) is 39.2 Å². The van der Waals surface area contributed by atoms with Crippen LogP contribution in [0.15, 0.2) is 30.3 Å². The molecule has 1 N–H and O–H groups in total. The highest BCUT2D eigenvalue weighted by molar-refractivity contribution is 5.15. The van der Waals surface area contributed by atoms with Crippen LogP contribution in [-0.4, -0.2) is 13.1 Å². The summed E-state index contributed by atoms with van der Waals surface area (Å²) < 4.78 is 0. The van der Waals surface area contributed by atoms with Gasteiger partial charge in [-0.2, -0.15) is 0 Å². The number of nitrogens with one attached hydrogen (secondary N) is 1. The molecule has 0 bridgehead atoms. The Bertz CT molecular complexity index is 357. The Hall–Kier alpha value is -0.820. The van der Waals surface area contributed by atoms with Crippen molar-refractivity contribution in [2.45, 2.75) is 40.0 Å². The Morgan fingerprint density at radius 1 is 1.28 bits per heavy atom. The van der Waals surface area contributed by atoms with Crippen molar-refractivity contribution in [1.29, 1.82) is 0 Å². The van der Waals surface area contributed by atoms with Crippen molar-refractivity contribution in [2.24, 2.45) is 17.3 Å². The molecule has 1 aromatic rings. The molecule has 1 heterocycles. The predicted molar refractivity (Wildman–Crippen MR) is 78.7 cm³/mol. The van der Waals surface area contributed by atoms with Crippen LogP contribution in [-0.2, 0) is 6.42 Å². The van der Waals surface area contributed by atoms with E-state index in [2.05, 4.69) is 56.4 Å². The van der Waals surface area contributed by atoms with Gasteiger partial charge in [-0.15, -0.1) is 0 Å². The summed E-state index contributed by atoms with van der Waals surface area (Å²) in [4.78, 5) is 0. The summed E-state index contributed by atoms with van der Waals surface area (Å²) in [7, 11) is 0. The molecule has 1 saturated heterocycles. The van der Waals surface area contributed by atoms with Gasteiger partial charge in [0, 0.05) is 0 Å². The van der Waals surface area contributed by atoms with E-state index in [1.165, 1.54) is 37.9 Å². The first kappa shape index (κ1) is 13.6. The van der Waals surface area contributed by atoms with Crippen molar-refractivity contribution >= 4 is 0 Å². The Morgan fingerprint density at radius 3 is 2.67 bits per heavy atom. The van der Waals surface area contributed by atoms with Crippen LogP contribution in [0, 0.1) is 17.3 Å². The first-order chi connectivity index (χ1) is 8.62. The molecule has 1 heteroatoms. The van der Waals surface area contributed by atoms with Crippen molar-refractivity contribution in [3.05, 3.63) is 35.9 Å². The van der Waals surface area contributed by atoms with Crippen molar-refractivity contribution in [1.82, 2.24) is 5.32 Å². The molecule has 2 rings (SSSR count). The molecule has 1 aromatic carbocycles. The molecule has 2 atom stereocenters. The van der Waals surface area contributed by atoms with Crippen molar-refractivity contribution in [2.75, 3.05) is 13.1 Å². The van der Waals surface area contributed by atoms with E-state index in [4.69, 9.17) is 0 Å². The maximum Gasteiger partial charge on any atom is -0.00128 e. The van der Waals surface area contributed by atoms with Crippen LogP contribution < -0.4 is 5.32 Å². The molecule has 1 aliphatic rings. The molecular formula is C17H27N. The van der Waals surface area contributed by atoms with Gasteiger partial charge < -0.3 is 5.32 Å². The van der Waals surface area contributed by atoms with E-state index in [9.17, 15) is 0 Å². The normalized spacial score (nSPS) is 28.6. The number of piperidine rings is 1. The molecule has 0 aromatic heterocycles. The molecule has 100 valence electrons. The fraction of sp³-hybridized carbons (Fsp3) is 0.647. The molecule has 0 spiro atoms. The fourth-order valence-corrected chi connectivity index (χ4v) is 3.49. The fourth-order valence-electron chi connectivity index (χ4n) is 3.49. The first-order valence-corrected chi connectivity index (χ1v) is 7.36. The molecule has 0 aliphatic carbocycles. The summed E-state index contributed by atoms with van der Waals surface area (Å²) in [6.07, 6.45) is 3.87. The highest BCUT2D eigenvalue weighted by Crippen LogP contribution is 2.41. The lowest BCUT2D eigenvalue weighted by atomic mass is 9.65. The Kier molecular flexibility index (Phi) is 4.45. The van der Waals surface area contributed by atoms with Gasteiger partial charge in [0.05, 0.1) is 0 Å². The summed E-state index contributed by atoms with van der Waals surface area (Å²) in [5, 5.41) is 3.57. The third-order valence-electron chi connectivity index (χ3n) is 4.76. The van der Waals surface area contributed by atoms with Crippen LogP contribution in [0.3, 0.4) is 0 Å². The SMILES string of the molecule is CC(C)C1CNCCC1(C)CCc1ccccc1. The minimum atomic E-state index is 0.509. The van der Waals surface area contributed by atoms with Gasteiger partial charge in [-0.1, -0.05) is 51.1 Å². The van der Waals surface area contributed by atoms with E-state index in [0.717, 1.165) is 11.8 Å². The highest BCUT2D eigenvalue weighted by atomic mass is 14.9. The van der Waals surface area contributed by atoms with Crippen LogP contribution in [0.25, 0.3) is 0 Å². The van der Waals surface area contributed by atoms with E-state index in [0.29, 0.717) is 5.41 Å². The number of rotatable bonds is 4. The Labute approximate surface area is 112 Å². The third kappa shape index (κ3) is 3.14. The average molecular weight is 245 g/mol. The molecule has 0 saturated carbocycles. The van der Waals surface area contributed by atoms with Crippen LogP contribution >= 0.6 is 0 Å².